The van der Waals surface area contributed by atoms with Gasteiger partial charge in [0.25, 0.3) is 0 Å². The van der Waals surface area contributed by atoms with E-state index in [0.717, 1.165) is 51.6 Å². The molecule has 3 N–H and O–H groups in total. The first-order chi connectivity index (χ1) is 9.04. The lowest BCUT2D eigenvalue weighted by Crippen LogP contribution is -2.47. The molecular formula is C14H26N2O3. The summed E-state index contributed by atoms with van der Waals surface area (Å²) < 4.78 is 0. The van der Waals surface area contributed by atoms with E-state index < -0.39 is 5.97 Å². The SMILES string of the molecule is CCCC[C@H](N)C(=O)N1CCC(CCC(=O)O)CC1. The van der Waals surface area contributed by atoms with Gasteiger partial charge < -0.3 is 15.7 Å². The number of carboxylic acid groups (broad SMARTS) is 1. The van der Waals surface area contributed by atoms with E-state index in [4.69, 9.17) is 10.8 Å². The number of hydrogen-bond donors (Lipinski definition) is 2. The molecular weight excluding hydrogens is 244 g/mol. The average Bonchev–Trinajstić information content (AvgIpc) is 2.42. The van der Waals surface area contributed by atoms with Crippen molar-refractivity contribution < 1.29 is 14.7 Å². The normalized spacial score (nSPS) is 18.3. The summed E-state index contributed by atoms with van der Waals surface area (Å²) in [5, 5.41) is 8.66. The van der Waals surface area contributed by atoms with Crippen molar-refractivity contribution in [2.45, 2.75) is 57.9 Å². The van der Waals surface area contributed by atoms with Crippen LogP contribution in [-0.2, 0) is 9.59 Å². The Bertz CT molecular complexity index is 299. The van der Waals surface area contributed by atoms with E-state index in [1.165, 1.54) is 0 Å². The van der Waals surface area contributed by atoms with E-state index >= 15 is 0 Å². The number of hydrogen-bond acceptors (Lipinski definition) is 3. The summed E-state index contributed by atoms with van der Waals surface area (Å²) in [5.41, 5.74) is 5.90. The zero-order chi connectivity index (χ0) is 14.3. The van der Waals surface area contributed by atoms with Gasteiger partial charge in [-0.15, -0.1) is 0 Å². The zero-order valence-corrected chi connectivity index (χ0v) is 11.8. The van der Waals surface area contributed by atoms with Crippen LogP contribution in [0.15, 0.2) is 0 Å². The first kappa shape index (κ1) is 16.0. The summed E-state index contributed by atoms with van der Waals surface area (Å²) in [6, 6.07) is -0.365. The third kappa shape index (κ3) is 5.59. The quantitative estimate of drug-likeness (QED) is 0.736. The molecule has 110 valence electrons. The molecule has 1 aliphatic rings. The molecule has 0 aliphatic carbocycles. The maximum atomic E-state index is 12.1. The highest BCUT2D eigenvalue weighted by molar-refractivity contribution is 5.81. The molecule has 1 heterocycles. The number of likely N-dealkylation sites (tertiary alicyclic amines) is 1. The number of unbranched alkanes of at least 4 members (excludes halogenated alkanes) is 1. The molecule has 1 amide bonds. The Morgan fingerprint density at radius 1 is 1.37 bits per heavy atom. The fourth-order valence-corrected chi connectivity index (χ4v) is 2.55. The lowest BCUT2D eigenvalue weighted by molar-refractivity contribution is -0.138. The highest BCUT2D eigenvalue weighted by atomic mass is 16.4. The van der Waals surface area contributed by atoms with Gasteiger partial charge in [0, 0.05) is 19.5 Å². The number of aliphatic carboxylic acids is 1. The van der Waals surface area contributed by atoms with Crippen LogP contribution >= 0.6 is 0 Å². The third-order valence-electron chi connectivity index (χ3n) is 3.88. The van der Waals surface area contributed by atoms with Crippen molar-refractivity contribution in [2.75, 3.05) is 13.1 Å². The highest BCUT2D eigenvalue weighted by Crippen LogP contribution is 2.22. The second-order valence-electron chi connectivity index (χ2n) is 5.45. The van der Waals surface area contributed by atoms with Gasteiger partial charge in [-0.3, -0.25) is 9.59 Å². The first-order valence-electron chi connectivity index (χ1n) is 7.30. The van der Waals surface area contributed by atoms with Crippen LogP contribution in [0, 0.1) is 5.92 Å². The first-order valence-corrected chi connectivity index (χ1v) is 7.30. The van der Waals surface area contributed by atoms with Crippen LogP contribution in [0.1, 0.15) is 51.9 Å². The lowest BCUT2D eigenvalue weighted by atomic mass is 9.92. The largest absolute Gasteiger partial charge is 0.481 e. The van der Waals surface area contributed by atoms with Gasteiger partial charge in [-0.05, 0) is 31.6 Å². The fraction of sp³-hybridized carbons (Fsp3) is 0.857. The Hall–Kier alpha value is -1.10. The zero-order valence-electron chi connectivity index (χ0n) is 11.8. The van der Waals surface area contributed by atoms with Gasteiger partial charge in [0.1, 0.15) is 0 Å². The summed E-state index contributed by atoms with van der Waals surface area (Å²) in [4.78, 5) is 24.5. The summed E-state index contributed by atoms with van der Waals surface area (Å²) in [7, 11) is 0. The molecule has 1 fully saturated rings. The Labute approximate surface area is 115 Å². The molecule has 1 aliphatic heterocycles. The van der Waals surface area contributed by atoms with Crippen molar-refractivity contribution in [2.24, 2.45) is 11.7 Å². The van der Waals surface area contributed by atoms with Gasteiger partial charge in [-0.2, -0.15) is 0 Å². The topological polar surface area (TPSA) is 83.6 Å². The Morgan fingerprint density at radius 2 is 2.00 bits per heavy atom. The molecule has 0 aromatic heterocycles. The molecule has 1 atom stereocenters. The van der Waals surface area contributed by atoms with Gasteiger partial charge >= 0.3 is 5.97 Å². The van der Waals surface area contributed by atoms with E-state index in [1.807, 2.05) is 4.90 Å². The van der Waals surface area contributed by atoms with Crippen molar-refractivity contribution >= 4 is 11.9 Å². The molecule has 0 radical (unpaired) electrons. The van der Waals surface area contributed by atoms with E-state index in [1.54, 1.807) is 0 Å². The van der Waals surface area contributed by atoms with Crippen LogP contribution in [0.3, 0.4) is 0 Å². The van der Waals surface area contributed by atoms with E-state index in [-0.39, 0.29) is 18.4 Å². The molecule has 1 saturated heterocycles. The molecule has 5 nitrogen and oxygen atoms in total. The number of carboxylic acids is 1. The predicted molar refractivity (Wildman–Crippen MR) is 73.7 cm³/mol. The summed E-state index contributed by atoms with van der Waals surface area (Å²) >= 11 is 0. The van der Waals surface area contributed by atoms with Gasteiger partial charge in [-0.1, -0.05) is 19.8 Å². The van der Waals surface area contributed by atoms with Crippen LogP contribution in [0.2, 0.25) is 0 Å². The second kappa shape index (κ2) is 8.15. The fourth-order valence-electron chi connectivity index (χ4n) is 2.55. The van der Waals surface area contributed by atoms with Crippen LogP contribution in [0.25, 0.3) is 0 Å². The number of carbonyl (C=O) groups excluding carboxylic acids is 1. The number of rotatable bonds is 7. The number of nitrogens with zero attached hydrogens (tertiary/aromatic N) is 1. The predicted octanol–water partition coefficient (Wildman–Crippen LogP) is 1.61. The molecule has 1 rings (SSSR count). The van der Waals surface area contributed by atoms with E-state index in [9.17, 15) is 9.59 Å². The molecule has 0 aromatic carbocycles. The number of nitrogens with two attached hydrogens (primary N) is 1. The molecule has 5 heteroatoms. The lowest BCUT2D eigenvalue weighted by Gasteiger charge is -2.33. The number of amides is 1. The Kier molecular flexibility index (Phi) is 6.84. The minimum atomic E-state index is -0.736. The smallest absolute Gasteiger partial charge is 0.303 e. The van der Waals surface area contributed by atoms with Crippen LogP contribution in [0.4, 0.5) is 0 Å². The second-order valence-corrected chi connectivity index (χ2v) is 5.45. The third-order valence-corrected chi connectivity index (χ3v) is 3.88. The highest BCUT2D eigenvalue weighted by Gasteiger charge is 2.26. The molecule has 19 heavy (non-hydrogen) atoms. The van der Waals surface area contributed by atoms with E-state index in [0.29, 0.717) is 5.92 Å². The van der Waals surface area contributed by atoms with Gasteiger partial charge in [0.05, 0.1) is 6.04 Å². The van der Waals surface area contributed by atoms with Crippen LogP contribution in [0.5, 0.6) is 0 Å². The van der Waals surface area contributed by atoms with Crippen molar-refractivity contribution in [1.29, 1.82) is 0 Å². The maximum Gasteiger partial charge on any atom is 0.303 e. The molecule has 0 bridgehead atoms. The summed E-state index contributed by atoms with van der Waals surface area (Å²) in [6.07, 6.45) is 5.56. The van der Waals surface area contributed by atoms with E-state index in [2.05, 4.69) is 6.92 Å². The Balaban J connectivity index is 2.28. The summed E-state index contributed by atoms with van der Waals surface area (Å²) in [5.74, 6) is -0.239. The molecule has 0 spiro atoms. The number of piperidine rings is 1. The van der Waals surface area contributed by atoms with Gasteiger partial charge in [-0.25, -0.2) is 0 Å². The maximum absolute atomic E-state index is 12.1. The van der Waals surface area contributed by atoms with Crippen LogP contribution < -0.4 is 5.73 Å². The van der Waals surface area contributed by atoms with Crippen LogP contribution in [-0.4, -0.2) is 41.0 Å². The van der Waals surface area contributed by atoms with Gasteiger partial charge in [0.15, 0.2) is 0 Å². The van der Waals surface area contributed by atoms with Crippen molar-refractivity contribution in [3.63, 3.8) is 0 Å². The summed E-state index contributed by atoms with van der Waals surface area (Å²) in [6.45, 7) is 3.54. The Morgan fingerprint density at radius 3 is 2.53 bits per heavy atom. The standard InChI is InChI=1S/C14H26N2O3/c1-2-3-4-12(15)14(19)16-9-7-11(8-10-16)5-6-13(17)18/h11-12H,2-10,15H2,1H3,(H,17,18)/t12-/m0/s1. The molecule has 0 unspecified atom stereocenters. The molecule has 0 aromatic rings. The average molecular weight is 270 g/mol. The van der Waals surface area contributed by atoms with Gasteiger partial charge in [0.2, 0.25) is 5.91 Å². The minimum absolute atomic E-state index is 0.0603. The van der Waals surface area contributed by atoms with Crippen molar-refractivity contribution in [3.05, 3.63) is 0 Å². The molecule has 0 saturated carbocycles. The minimum Gasteiger partial charge on any atom is -0.481 e. The van der Waals surface area contributed by atoms with Crippen molar-refractivity contribution in [1.82, 2.24) is 4.90 Å². The number of carbonyl (C=O) groups is 2. The monoisotopic (exact) mass is 270 g/mol. The van der Waals surface area contributed by atoms with Crippen molar-refractivity contribution in [3.8, 4) is 0 Å².